The van der Waals surface area contributed by atoms with Gasteiger partial charge in [-0.2, -0.15) is 0 Å². The van der Waals surface area contributed by atoms with E-state index in [0.717, 1.165) is 12.0 Å². The zero-order valence-corrected chi connectivity index (χ0v) is 12.6. The molecule has 118 valence electrons. The number of fused-ring (bicyclic) bond motifs is 1. The van der Waals surface area contributed by atoms with Crippen molar-refractivity contribution in [2.75, 3.05) is 11.9 Å². The number of halogens is 1. The molecule has 3 rings (SSSR count). The maximum atomic E-state index is 13.5. The van der Waals surface area contributed by atoms with Gasteiger partial charge in [-0.15, -0.1) is 0 Å². The van der Waals surface area contributed by atoms with Gasteiger partial charge in [0.05, 0.1) is 5.69 Å². The molecule has 0 radical (unpaired) electrons. The number of hydrogen-bond acceptors (Lipinski definition) is 2. The maximum absolute atomic E-state index is 13.5. The Balaban J connectivity index is 1.59. The summed E-state index contributed by atoms with van der Waals surface area (Å²) in [6.07, 6.45) is 0.507. The van der Waals surface area contributed by atoms with E-state index in [4.69, 9.17) is 0 Å². The van der Waals surface area contributed by atoms with Gasteiger partial charge in [0.15, 0.2) is 0 Å². The summed E-state index contributed by atoms with van der Waals surface area (Å²) in [7, 11) is 0. The van der Waals surface area contributed by atoms with Gasteiger partial charge in [0, 0.05) is 13.1 Å². The normalized spacial score (nSPS) is 13.3. The first-order valence-electron chi connectivity index (χ1n) is 7.52. The van der Waals surface area contributed by atoms with E-state index < -0.39 is 11.7 Å². The van der Waals surface area contributed by atoms with Gasteiger partial charge >= 0.3 is 0 Å². The van der Waals surface area contributed by atoms with E-state index in [9.17, 15) is 14.0 Å². The van der Waals surface area contributed by atoms with Gasteiger partial charge in [-0.3, -0.25) is 9.59 Å². The zero-order chi connectivity index (χ0) is 16.2. The van der Waals surface area contributed by atoms with Crippen molar-refractivity contribution in [2.24, 2.45) is 0 Å². The average Bonchev–Trinajstić information content (AvgIpc) is 2.56. The van der Waals surface area contributed by atoms with Crippen molar-refractivity contribution >= 4 is 17.5 Å². The highest BCUT2D eigenvalue weighted by molar-refractivity contribution is 6.03. The predicted octanol–water partition coefficient (Wildman–Crippen LogP) is 2.74. The first-order valence-corrected chi connectivity index (χ1v) is 7.52. The molecule has 0 bridgehead atoms. The predicted molar refractivity (Wildman–Crippen MR) is 85.2 cm³/mol. The van der Waals surface area contributed by atoms with Gasteiger partial charge in [-0.25, -0.2) is 4.39 Å². The summed E-state index contributed by atoms with van der Waals surface area (Å²) in [6, 6.07) is 13.9. The summed E-state index contributed by atoms with van der Waals surface area (Å²) in [5.41, 5.74) is 2.45. The largest absolute Gasteiger partial charge is 0.338 e. The van der Waals surface area contributed by atoms with Crippen LogP contribution in [-0.4, -0.2) is 23.3 Å². The Hall–Kier alpha value is -2.69. The van der Waals surface area contributed by atoms with Gasteiger partial charge in [0.2, 0.25) is 11.8 Å². The molecule has 0 saturated heterocycles. The Labute approximate surface area is 133 Å². The second-order valence-electron chi connectivity index (χ2n) is 5.54. The lowest BCUT2D eigenvalue weighted by atomic mass is 10.00. The molecule has 0 saturated carbocycles. The molecule has 23 heavy (non-hydrogen) atoms. The van der Waals surface area contributed by atoms with Gasteiger partial charge in [0.25, 0.3) is 0 Å². The molecular weight excluding hydrogens is 295 g/mol. The molecule has 5 heteroatoms. The molecule has 0 atom stereocenters. The fourth-order valence-electron chi connectivity index (χ4n) is 2.71. The second kappa shape index (κ2) is 6.60. The van der Waals surface area contributed by atoms with E-state index in [1.807, 2.05) is 18.2 Å². The first kappa shape index (κ1) is 15.2. The summed E-state index contributed by atoms with van der Waals surface area (Å²) in [4.78, 5) is 25.9. The van der Waals surface area contributed by atoms with Crippen molar-refractivity contribution in [3.63, 3.8) is 0 Å². The number of amides is 2. The minimum atomic E-state index is -0.514. The molecule has 2 aromatic carbocycles. The fourth-order valence-corrected chi connectivity index (χ4v) is 2.71. The highest BCUT2D eigenvalue weighted by Crippen LogP contribution is 2.19. The van der Waals surface area contributed by atoms with Crippen LogP contribution in [0.1, 0.15) is 17.5 Å². The van der Waals surface area contributed by atoms with E-state index in [1.54, 1.807) is 17.0 Å². The fraction of sp³-hybridized carbons (Fsp3) is 0.222. The van der Waals surface area contributed by atoms with Crippen LogP contribution in [0.4, 0.5) is 10.1 Å². The Kier molecular flexibility index (Phi) is 4.37. The number of hydrogen-bond donors (Lipinski definition) is 1. The van der Waals surface area contributed by atoms with Crippen molar-refractivity contribution in [1.82, 2.24) is 4.90 Å². The molecular formula is C18H17FN2O2. The number of nitrogens with zero attached hydrogens (tertiary/aromatic N) is 1. The zero-order valence-electron chi connectivity index (χ0n) is 12.6. The summed E-state index contributed by atoms with van der Waals surface area (Å²) >= 11 is 0. The summed E-state index contributed by atoms with van der Waals surface area (Å²) in [5.74, 6) is -1.26. The Morgan fingerprint density at radius 2 is 1.74 bits per heavy atom. The highest BCUT2D eigenvalue weighted by atomic mass is 19.1. The van der Waals surface area contributed by atoms with Gasteiger partial charge in [-0.05, 0) is 29.7 Å². The molecule has 0 fully saturated rings. The molecule has 1 aliphatic heterocycles. The van der Waals surface area contributed by atoms with Crippen molar-refractivity contribution in [3.05, 3.63) is 65.5 Å². The number of carbonyl (C=O) groups is 2. The van der Waals surface area contributed by atoms with Crippen LogP contribution in [0.25, 0.3) is 0 Å². The maximum Gasteiger partial charge on any atom is 0.233 e. The smallest absolute Gasteiger partial charge is 0.233 e. The minimum absolute atomic E-state index is 0.0919. The average molecular weight is 312 g/mol. The van der Waals surface area contributed by atoms with E-state index in [-0.39, 0.29) is 18.0 Å². The molecule has 0 spiro atoms. The number of anilines is 1. The van der Waals surface area contributed by atoms with Crippen LogP contribution in [0, 0.1) is 5.82 Å². The second-order valence-corrected chi connectivity index (χ2v) is 5.54. The highest BCUT2D eigenvalue weighted by Gasteiger charge is 2.22. The molecule has 0 aromatic heterocycles. The standard InChI is InChI=1S/C18H17FN2O2/c19-15-7-3-4-8-16(15)20-17(22)11-18(23)21-10-9-13-5-1-2-6-14(13)12-21/h1-8H,9-12H2,(H,20,22). The Morgan fingerprint density at radius 3 is 2.52 bits per heavy atom. The number of rotatable bonds is 3. The molecule has 0 unspecified atom stereocenters. The van der Waals surface area contributed by atoms with Crippen molar-refractivity contribution < 1.29 is 14.0 Å². The molecule has 1 aliphatic rings. The lowest BCUT2D eigenvalue weighted by Crippen LogP contribution is -2.37. The van der Waals surface area contributed by atoms with Crippen LogP contribution < -0.4 is 5.32 Å². The quantitative estimate of drug-likeness (QED) is 0.886. The number of nitrogens with one attached hydrogen (secondary N) is 1. The summed E-state index contributed by atoms with van der Waals surface area (Å²) in [5, 5.41) is 2.44. The van der Waals surface area contributed by atoms with E-state index >= 15 is 0 Å². The first-order chi connectivity index (χ1) is 11.1. The SMILES string of the molecule is O=C(CC(=O)N1CCc2ccccc2C1)Nc1ccccc1F. The van der Waals surface area contributed by atoms with Crippen LogP contribution in [0.2, 0.25) is 0 Å². The van der Waals surface area contributed by atoms with E-state index in [1.165, 1.54) is 17.7 Å². The van der Waals surface area contributed by atoms with E-state index in [0.29, 0.717) is 13.1 Å². The topological polar surface area (TPSA) is 49.4 Å². The monoisotopic (exact) mass is 312 g/mol. The third-order valence-corrected chi connectivity index (χ3v) is 3.94. The lowest BCUT2D eigenvalue weighted by molar-refractivity contribution is -0.135. The summed E-state index contributed by atoms with van der Waals surface area (Å²) in [6.45, 7) is 1.12. The van der Waals surface area contributed by atoms with Crippen molar-refractivity contribution in [1.29, 1.82) is 0 Å². The molecule has 4 nitrogen and oxygen atoms in total. The number of benzene rings is 2. The van der Waals surface area contributed by atoms with Crippen LogP contribution in [0.5, 0.6) is 0 Å². The molecule has 1 N–H and O–H groups in total. The van der Waals surface area contributed by atoms with Gasteiger partial charge in [0.1, 0.15) is 12.2 Å². The van der Waals surface area contributed by atoms with Crippen LogP contribution in [0.3, 0.4) is 0 Å². The lowest BCUT2D eigenvalue weighted by Gasteiger charge is -2.28. The van der Waals surface area contributed by atoms with Gasteiger partial charge in [-0.1, -0.05) is 36.4 Å². The summed E-state index contributed by atoms with van der Waals surface area (Å²) < 4.78 is 13.5. The third-order valence-electron chi connectivity index (χ3n) is 3.94. The minimum Gasteiger partial charge on any atom is -0.338 e. The third kappa shape index (κ3) is 3.56. The van der Waals surface area contributed by atoms with Crippen molar-refractivity contribution in [3.8, 4) is 0 Å². The van der Waals surface area contributed by atoms with Gasteiger partial charge < -0.3 is 10.2 Å². The Bertz CT molecular complexity index is 745. The van der Waals surface area contributed by atoms with Crippen LogP contribution in [0.15, 0.2) is 48.5 Å². The number of para-hydroxylation sites is 1. The van der Waals surface area contributed by atoms with Crippen LogP contribution in [-0.2, 0) is 22.6 Å². The number of carbonyl (C=O) groups excluding carboxylic acids is 2. The molecule has 2 aromatic rings. The molecule has 0 aliphatic carbocycles. The Morgan fingerprint density at radius 1 is 1.04 bits per heavy atom. The van der Waals surface area contributed by atoms with Crippen LogP contribution >= 0.6 is 0 Å². The van der Waals surface area contributed by atoms with Crippen molar-refractivity contribution in [2.45, 2.75) is 19.4 Å². The molecule has 2 amide bonds. The van der Waals surface area contributed by atoms with E-state index in [2.05, 4.69) is 11.4 Å². The molecule has 1 heterocycles.